The Bertz CT molecular complexity index is 1440. The number of benzene rings is 3. The quantitative estimate of drug-likeness (QED) is 0.383. The summed E-state index contributed by atoms with van der Waals surface area (Å²) in [6, 6.07) is 23.4. The first kappa shape index (κ1) is 23.7. The van der Waals surface area contributed by atoms with Gasteiger partial charge in [-0.25, -0.2) is 0 Å². The lowest BCUT2D eigenvalue weighted by Gasteiger charge is -2.35. The molecule has 178 valence electrons. The topological polar surface area (TPSA) is 86.3 Å². The van der Waals surface area contributed by atoms with Crippen LogP contribution in [0.4, 0.5) is 5.69 Å². The fourth-order valence-electron chi connectivity index (χ4n) is 5.41. The number of fused-ring (bicyclic) bond motifs is 3. The molecule has 0 spiro atoms. The van der Waals surface area contributed by atoms with Crippen LogP contribution in [0.1, 0.15) is 27.4 Å². The lowest BCUT2D eigenvalue weighted by Crippen LogP contribution is -2.44. The van der Waals surface area contributed by atoms with Gasteiger partial charge in [0, 0.05) is 17.2 Å². The number of hydrogen-bond acceptors (Lipinski definition) is 6. The fourth-order valence-corrected chi connectivity index (χ4v) is 5.97. The second kappa shape index (κ2) is 9.18. The van der Waals surface area contributed by atoms with Crippen LogP contribution in [0.2, 0.25) is 0 Å². The third-order valence-corrected chi connectivity index (χ3v) is 7.71. The van der Waals surface area contributed by atoms with Gasteiger partial charge in [-0.2, -0.15) is 10.5 Å². The Labute approximate surface area is 218 Å². The zero-order valence-corrected chi connectivity index (χ0v) is 21.3. The normalized spacial score (nSPS) is 21.0. The predicted molar refractivity (Wildman–Crippen MR) is 140 cm³/mol. The van der Waals surface area contributed by atoms with Gasteiger partial charge in [-0.05, 0) is 69.5 Å². The van der Waals surface area contributed by atoms with E-state index in [9.17, 15) is 15.3 Å². The van der Waals surface area contributed by atoms with Gasteiger partial charge in [0.2, 0.25) is 0 Å². The molecular formula is C29H22BrN3O3. The standard InChI is InChI=1S/C29H22BrN3O3/c1-35-21-11-7-19(8-12-21)28(34)27-26(20-9-13-24(36-2)22(30)15-20)29(16-31,17-32)25-14-10-18-5-3-4-6-23(18)33(25)27/h3-15,25-27H,1-2H3/t25-,26+,27-/m0/s1. The Morgan fingerprint density at radius 2 is 1.72 bits per heavy atom. The summed E-state index contributed by atoms with van der Waals surface area (Å²) < 4.78 is 11.3. The van der Waals surface area contributed by atoms with Gasteiger partial charge in [-0.3, -0.25) is 4.79 Å². The highest BCUT2D eigenvalue weighted by atomic mass is 79.9. The fraction of sp³-hybridized carbons (Fsp3) is 0.207. The van der Waals surface area contributed by atoms with E-state index in [1.807, 2.05) is 53.5 Å². The van der Waals surface area contributed by atoms with Crippen LogP contribution in [0.3, 0.4) is 0 Å². The number of carbonyl (C=O) groups excluding carboxylic acids is 1. The summed E-state index contributed by atoms with van der Waals surface area (Å²) in [5, 5.41) is 21.1. The summed E-state index contributed by atoms with van der Waals surface area (Å²) in [5.74, 6) is 0.362. The van der Waals surface area contributed by atoms with Crippen molar-refractivity contribution >= 4 is 33.5 Å². The minimum atomic E-state index is -1.51. The largest absolute Gasteiger partial charge is 0.497 e. The Kier molecular flexibility index (Phi) is 6.04. The average molecular weight is 540 g/mol. The van der Waals surface area contributed by atoms with Crippen LogP contribution in [-0.4, -0.2) is 32.1 Å². The van der Waals surface area contributed by atoms with Crippen molar-refractivity contribution in [3.63, 3.8) is 0 Å². The first-order valence-electron chi connectivity index (χ1n) is 11.4. The minimum absolute atomic E-state index is 0.169. The number of hydrogen-bond donors (Lipinski definition) is 0. The highest BCUT2D eigenvalue weighted by Crippen LogP contribution is 2.56. The molecule has 3 atom stereocenters. The number of anilines is 1. The second-order valence-corrected chi connectivity index (χ2v) is 9.63. The van der Waals surface area contributed by atoms with Crippen LogP contribution in [0.15, 0.2) is 77.3 Å². The smallest absolute Gasteiger partial charge is 0.185 e. The summed E-state index contributed by atoms with van der Waals surface area (Å²) >= 11 is 3.54. The van der Waals surface area contributed by atoms with E-state index < -0.39 is 23.4 Å². The van der Waals surface area contributed by atoms with Gasteiger partial charge in [0.05, 0.1) is 36.9 Å². The molecule has 0 amide bonds. The number of Topliss-reactive ketones (excluding diaryl/α,β-unsaturated/α-hetero) is 1. The van der Waals surface area contributed by atoms with Crippen molar-refractivity contribution in [1.29, 1.82) is 10.5 Å². The van der Waals surface area contributed by atoms with Crippen molar-refractivity contribution in [1.82, 2.24) is 0 Å². The van der Waals surface area contributed by atoms with Crippen LogP contribution in [-0.2, 0) is 0 Å². The van der Waals surface area contributed by atoms with Gasteiger partial charge in [-0.1, -0.05) is 36.4 Å². The third kappa shape index (κ3) is 3.47. The van der Waals surface area contributed by atoms with Crippen molar-refractivity contribution in [3.8, 4) is 23.6 Å². The Morgan fingerprint density at radius 1 is 1.00 bits per heavy atom. The zero-order valence-electron chi connectivity index (χ0n) is 19.7. The molecule has 0 aromatic heterocycles. The Hall–Kier alpha value is -4.07. The molecule has 36 heavy (non-hydrogen) atoms. The lowest BCUT2D eigenvalue weighted by molar-refractivity contribution is 0.0951. The molecule has 0 aliphatic carbocycles. The van der Waals surface area contributed by atoms with E-state index >= 15 is 0 Å². The Balaban J connectivity index is 1.76. The van der Waals surface area contributed by atoms with Crippen LogP contribution in [0, 0.1) is 28.1 Å². The Morgan fingerprint density at radius 3 is 2.36 bits per heavy atom. The van der Waals surface area contributed by atoms with E-state index in [0.717, 1.165) is 11.3 Å². The number of rotatable bonds is 5. The van der Waals surface area contributed by atoms with Gasteiger partial charge >= 0.3 is 0 Å². The van der Waals surface area contributed by atoms with Crippen LogP contribution >= 0.6 is 15.9 Å². The number of methoxy groups -OCH3 is 2. The van der Waals surface area contributed by atoms with E-state index in [0.29, 0.717) is 27.1 Å². The first-order valence-corrected chi connectivity index (χ1v) is 12.2. The van der Waals surface area contributed by atoms with Gasteiger partial charge < -0.3 is 14.4 Å². The summed E-state index contributed by atoms with van der Waals surface area (Å²) in [6.07, 6.45) is 3.81. The first-order chi connectivity index (χ1) is 17.5. The van der Waals surface area contributed by atoms with E-state index in [2.05, 4.69) is 28.1 Å². The van der Waals surface area contributed by atoms with E-state index in [4.69, 9.17) is 9.47 Å². The maximum Gasteiger partial charge on any atom is 0.185 e. The molecule has 0 radical (unpaired) electrons. The van der Waals surface area contributed by atoms with Crippen LogP contribution in [0.25, 0.3) is 6.08 Å². The molecule has 1 saturated heterocycles. The molecule has 0 saturated carbocycles. The molecule has 3 aromatic rings. The maximum absolute atomic E-state index is 14.3. The van der Waals surface area contributed by atoms with Gasteiger partial charge in [0.1, 0.15) is 17.5 Å². The zero-order chi connectivity index (χ0) is 25.4. The molecule has 7 heteroatoms. The SMILES string of the molecule is COc1ccc(C(=O)[C@@H]2[C@@H](c3ccc(OC)c(Br)c3)C(C#N)(C#N)[C@@H]3C=Cc4ccccc4N23)cc1. The molecule has 0 N–H and O–H groups in total. The van der Waals surface area contributed by atoms with Crippen molar-refractivity contribution < 1.29 is 14.3 Å². The molecule has 3 aromatic carbocycles. The highest BCUT2D eigenvalue weighted by molar-refractivity contribution is 9.10. The number of para-hydroxylation sites is 1. The van der Waals surface area contributed by atoms with Crippen LogP contribution < -0.4 is 14.4 Å². The molecule has 0 bridgehead atoms. The lowest BCUT2D eigenvalue weighted by atomic mass is 9.69. The van der Waals surface area contributed by atoms with E-state index in [1.54, 1.807) is 44.6 Å². The predicted octanol–water partition coefficient (Wildman–Crippen LogP) is 5.75. The summed E-state index contributed by atoms with van der Waals surface area (Å²) in [7, 11) is 3.14. The number of nitriles is 2. The van der Waals surface area contributed by atoms with Gasteiger partial charge in [0.15, 0.2) is 11.2 Å². The third-order valence-electron chi connectivity index (χ3n) is 7.09. The molecule has 2 aliphatic rings. The molecule has 2 aliphatic heterocycles. The number of carbonyl (C=O) groups is 1. The van der Waals surface area contributed by atoms with Crippen molar-refractivity contribution in [2.24, 2.45) is 5.41 Å². The molecule has 1 fully saturated rings. The minimum Gasteiger partial charge on any atom is -0.497 e. The van der Waals surface area contributed by atoms with Gasteiger partial charge in [0.25, 0.3) is 0 Å². The summed E-state index contributed by atoms with van der Waals surface area (Å²) in [5.41, 5.74) is 1.43. The molecule has 2 heterocycles. The van der Waals surface area contributed by atoms with Crippen LogP contribution in [0.5, 0.6) is 11.5 Å². The number of ketones is 1. The van der Waals surface area contributed by atoms with Gasteiger partial charge in [-0.15, -0.1) is 0 Å². The monoisotopic (exact) mass is 539 g/mol. The molecule has 0 unspecified atom stereocenters. The second-order valence-electron chi connectivity index (χ2n) is 8.77. The van der Waals surface area contributed by atoms with Crippen molar-refractivity contribution in [2.75, 3.05) is 19.1 Å². The molecular weight excluding hydrogens is 518 g/mol. The maximum atomic E-state index is 14.3. The van der Waals surface area contributed by atoms with E-state index in [1.165, 1.54) is 0 Å². The summed E-state index contributed by atoms with van der Waals surface area (Å²) in [6.45, 7) is 0. The van der Waals surface area contributed by atoms with E-state index in [-0.39, 0.29) is 5.78 Å². The number of halogens is 1. The number of ether oxygens (including phenoxy) is 2. The summed E-state index contributed by atoms with van der Waals surface area (Å²) in [4.78, 5) is 16.2. The molecule has 5 rings (SSSR count). The van der Waals surface area contributed by atoms with Crippen molar-refractivity contribution in [3.05, 3.63) is 94.0 Å². The number of nitrogens with zero attached hydrogens (tertiary/aromatic N) is 3. The average Bonchev–Trinajstić information content (AvgIpc) is 3.23. The highest BCUT2D eigenvalue weighted by Gasteiger charge is 2.63. The van der Waals surface area contributed by atoms with Crippen molar-refractivity contribution in [2.45, 2.75) is 18.0 Å². The molecule has 6 nitrogen and oxygen atoms in total.